The summed E-state index contributed by atoms with van der Waals surface area (Å²) >= 11 is 0. The number of rotatable bonds is 4. The minimum absolute atomic E-state index is 0.00193. The third kappa shape index (κ3) is 3.83. The minimum atomic E-state index is -1.17. The quantitative estimate of drug-likeness (QED) is 0.187. The summed E-state index contributed by atoms with van der Waals surface area (Å²) in [5.74, 6) is -2.26. The molecule has 2 aromatic rings. The maximum absolute atomic E-state index is 12.4. The number of aryl methyl sites for hydroxylation is 2. The summed E-state index contributed by atoms with van der Waals surface area (Å²) in [5, 5.41) is 29.0. The molecule has 0 saturated heterocycles. The SMILES string of the molecule is Cc1cccc([NH+]=C(O)O)c1C(=O)OC(=O)c1c(C)cccc1[N+](=O)[O-]. The zero-order chi connectivity index (χ0) is 19.4. The van der Waals surface area contributed by atoms with Crippen LogP contribution in [0.1, 0.15) is 31.8 Å². The summed E-state index contributed by atoms with van der Waals surface area (Å²) in [6, 6.07) is 8.50. The Bertz CT molecular complexity index is 931. The van der Waals surface area contributed by atoms with Crippen molar-refractivity contribution in [3.05, 3.63) is 68.8 Å². The highest BCUT2D eigenvalue weighted by molar-refractivity contribution is 6.07. The average molecular weight is 359 g/mol. The predicted octanol–water partition coefficient (Wildman–Crippen LogP) is 1.39. The molecular weight excluding hydrogens is 344 g/mol. The summed E-state index contributed by atoms with van der Waals surface area (Å²) in [5.41, 5.74) is -0.243. The van der Waals surface area contributed by atoms with Gasteiger partial charge in [-0.3, -0.25) is 10.1 Å². The summed E-state index contributed by atoms with van der Waals surface area (Å²) < 4.78 is 4.80. The molecule has 0 atom stereocenters. The molecule has 0 aliphatic rings. The Labute approximate surface area is 147 Å². The van der Waals surface area contributed by atoms with Crippen molar-refractivity contribution in [2.24, 2.45) is 0 Å². The molecule has 0 spiro atoms. The van der Waals surface area contributed by atoms with E-state index in [0.29, 0.717) is 5.56 Å². The fourth-order valence-electron chi connectivity index (χ4n) is 2.42. The molecule has 0 aromatic heterocycles. The van der Waals surface area contributed by atoms with E-state index in [9.17, 15) is 19.7 Å². The first-order valence-electron chi connectivity index (χ1n) is 7.34. The molecule has 3 N–H and O–H groups in total. The first kappa shape index (κ1) is 18.6. The van der Waals surface area contributed by atoms with Crippen LogP contribution in [0.25, 0.3) is 0 Å². The van der Waals surface area contributed by atoms with Gasteiger partial charge in [-0.1, -0.05) is 24.3 Å². The fraction of sp³-hybridized carbons (Fsp3) is 0.118. The Hall–Kier alpha value is -3.75. The molecule has 0 amide bonds. The van der Waals surface area contributed by atoms with Gasteiger partial charge in [-0.25, -0.2) is 9.59 Å². The number of nitro groups is 1. The second-order valence-electron chi connectivity index (χ2n) is 5.35. The summed E-state index contributed by atoms with van der Waals surface area (Å²) in [6.07, 6.45) is -1.15. The van der Waals surface area contributed by atoms with Gasteiger partial charge in [0.2, 0.25) is 5.69 Å². The number of nitro benzene ring substituents is 1. The number of ether oxygens (including phenoxy) is 1. The molecule has 9 nitrogen and oxygen atoms in total. The van der Waals surface area contributed by atoms with Crippen molar-refractivity contribution in [1.82, 2.24) is 0 Å². The number of hydrogen-bond acceptors (Lipinski definition) is 5. The number of nitrogens with zero attached hydrogens (tertiary/aromatic N) is 1. The maximum Gasteiger partial charge on any atom is 0.548 e. The van der Waals surface area contributed by atoms with Gasteiger partial charge in [-0.2, -0.15) is 0 Å². The Morgan fingerprint density at radius 2 is 1.54 bits per heavy atom. The van der Waals surface area contributed by atoms with Crippen LogP contribution >= 0.6 is 0 Å². The van der Waals surface area contributed by atoms with Crippen molar-refractivity contribution < 1.29 is 34.5 Å². The Balaban J connectivity index is 2.43. The van der Waals surface area contributed by atoms with Gasteiger partial charge in [0, 0.05) is 12.1 Å². The molecule has 0 fully saturated rings. The van der Waals surface area contributed by atoms with Crippen LogP contribution in [0, 0.1) is 24.0 Å². The van der Waals surface area contributed by atoms with Crippen molar-refractivity contribution >= 4 is 29.4 Å². The molecule has 0 unspecified atom stereocenters. The molecule has 2 rings (SSSR count). The molecule has 0 aliphatic heterocycles. The van der Waals surface area contributed by atoms with E-state index in [-0.39, 0.29) is 22.4 Å². The van der Waals surface area contributed by atoms with E-state index >= 15 is 0 Å². The first-order valence-corrected chi connectivity index (χ1v) is 7.34. The van der Waals surface area contributed by atoms with Gasteiger partial charge in [-0.05, 0) is 25.0 Å². The van der Waals surface area contributed by atoms with Gasteiger partial charge in [0.25, 0.3) is 5.69 Å². The number of aliphatic hydroxyl groups excluding tert-OH is 1. The lowest BCUT2D eigenvalue weighted by Crippen LogP contribution is -2.67. The van der Waals surface area contributed by atoms with Gasteiger partial charge in [0.15, 0.2) is 0 Å². The molecule has 134 valence electrons. The minimum Gasteiger partial charge on any atom is -0.430 e. The molecule has 0 aliphatic carbocycles. The van der Waals surface area contributed by atoms with E-state index in [1.165, 1.54) is 25.1 Å². The molecule has 0 heterocycles. The first-order chi connectivity index (χ1) is 12.2. The number of aliphatic hydroxyl groups is 2. The van der Waals surface area contributed by atoms with Gasteiger partial charge in [0.1, 0.15) is 11.1 Å². The fourth-order valence-corrected chi connectivity index (χ4v) is 2.42. The molecule has 0 radical (unpaired) electrons. The van der Waals surface area contributed by atoms with Gasteiger partial charge < -0.3 is 14.9 Å². The molecule has 0 bridgehead atoms. The van der Waals surface area contributed by atoms with Crippen LogP contribution in [-0.2, 0) is 4.74 Å². The average Bonchev–Trinajstić information content (AvgIpc) is 2.53. The standard InChI is InChI=1S/C17H14N2O7/c1-9-5-3-7-11(18-17(22)23)13(9)15(20)26-16(21)14-10(2)6-4-8-12(14)19(24)25/h3-8H,1-2H3,(H2,18,22,23)/p+1. The Morgan fingerprint density at radius 3 is 2.12 bits per heavy atom. The Kier molecular flexibility index (Phi) is 5.31. The van der Waals surface area contributed by atoms with E-state index in [0.717, 1.165) is 6.07 Å². The highest BCUT2D eigenvalue weighted by Gasteiger charge is 2.28. The summed E-state index contributed by atoms with van der Waals surface area (Å²) in [4.78, 5) is 37.3. The van der Waals surface area contributed by atoms with Crippen LogP contribution in [-0.4, -0.2) is 33.2 Å². The third-order valence-corrected chi connectivity index (χ3v) is 3.56. The van der Waals surface area contributed by atoms with Crippen molar-refractivity contribution in [2.75, 3.05) is 0 Å². The third-order valence-electron chi connectivity index (χ3n) is 3.56. The van der Waals surface area contributed by atoms with Crippen LogP contribution in [0.3, 0.4) is 0 Å². The van der Waals surface area contributed by atoms with Crippen LogP contribution in [0.15, 0.2) is 36.4 Å². The van der Waals surface area contributed by atoms with Gasteiger partial charge >= 0.3 is 18.0 Å². The van der Waals surface area contributed by atoms with Crippen LogP contribution in [0.4, 0.5) is 11.4 Å². The molecule has 26 heavy (non-hydrogen) atoms. The highest BCUT2D eigenvalue weighted by Crippen LogP contribution is 2.24. The highest BCUT2D eigenvalue weighted by atomic mass is 16.6. The summed E-state index contributed by atoms with van der Waals surface area (Å²) in [7, 11) is 0. The van der Waals surface area contributed by atoms with Crippen molar-refractivity contribution in [3.63, 3.8) is 0 Å². The number of benzene rings is 2. The van der Waals surface area contributed by atoms with Gasteiger partial charge in [0.05, 0.1) is 4.92 Å². The van der Waals surface area contributed by atoms with Gasteiger partial charge in [-0.15, -0.1) is 4.99 Å². The number of hydrogen-bond donors (Lipinski definition) is 3. The van der Waals surface area contributed by atoms with Crippen LogP contribution < -0.4 is 4.99 Å². The zero-order valence-corrected chi connectivity index (χ0v) is 13.8. The summed E-state index contributed by atoms with van der Waals surface area (Å²) in [6.45, 7) is 3.03. The second kappa shape index (κ2) is 7.43. The van der Waals surface area contributed by atoms with Crippen LogP contribution in [0.5, 0.6) is 0 Å². The molecule has 2 aromatic carbocycles. The number of esters is 2. The number of nitrogens with one attached hydrogen (secondary N) is 1. The van der Waals surface area contributed by atoms with E-state index < -0.39 is 28.6 Å². The van der Waals surface area contributed by atoms with Crippen molar-refractivity contribution in [2.45, 2.75) is 13.8 Å². The molecule has 9 heteroatoms. The topological polar surface area (TPSA) is 141 Å². The normalized spacial score (nSPS) is 10.1. The maximum atomic E-state index is 12.4. The smallest absolute Gasteiger partial charge is 0.430 e. The van der Waals surface area contributed by atoms with E-state index in [1.54, 1.807) is 19.1 Å². The Morgan fingerprint density at radius 1 is 1.00 bits per heavy atom. The predicted molar refractivity (Wildman–Crippen MR) is 89.6 cm³/mol. The number of carbonyl (C=O) groups is 2. The van der Waals surface area contributed by atoms with E-state index in [1.807, 2.05) is 0 Å². The van der Waals surface area contributed by atoms with E-state index in [2.05, 4.69) is 4.99 Å². The lowest BCUT2D eigenvalue weighted by molar-refractivity contribution is -0.385. The second-order valence-corrected chi connectivity index (χ2v) is 5.35. The molecular formula is C17H15N2O7+. The zero-order valence-electron chi connectivity index (χ0n) is 13.8. The lowest BCUT2D eigenvalue weighted by atomic mass is 10.1. The number of carbonyl (C=O) groups excluding carboxylic acids is 2. The lowest BCUT2D eigenvalue weighted by Gasteiger charge is -2.08. The monoisotopic (exact) mass is 359 g/mol. The van der Waals surface area contributed by atoms with Crippen LogP contribution in [0.2, 0.25) is 0 Å². The largest absolute Gasteiger partial charge is 0.548 e. The molecule has 0 saturated carbocycles. The van der Waals surface area contributed by atoms with Crippen molar-refractivity contribution in [1.29, 1.82) is 0 Å². The van der Waals surface area contributed by atoms with Crippen molar-refractivity contribution in [3.8, 4) is 0 Å². The van der Waals surface area contributed by atoms with E-state index in [4.69, 9.17) is 14.9 Å².